The molecule has 118 valence electrons. The molecule has 1 aromatic carbocycles. The predicted octanol–water partition coefficient (Wildman–Crippen LogP) is 2.46. The van der Waals surface area contributed by atoms with Gasteiger partial charge in [-0.25, -0.2) is 0 Å². The zero-order valence-electron chi connectivity index (χ0n) is 13.0. The summed E-state index contributed by atoms with van der Waals surface area (Å²) in [5.74, 6) is 1.12. The second-order valence-electron chi connectivity index (χ2n) is 5.50. The van der Waals surface area contributed by atoms with Gasteiger partial charge in [0.15, 0.2) is 0 Å². The van der Waals surface area contributed by atoms with Gasteiger partial charge in [0.1, 0.15) is 5.75 Å². The van der Waals surface area contributed by atoms with E-state index in [0.717, 1.165) is 30.7 Å². The number of hydrogen-bond donors (Lipinski definition) is 1. The molecule has 1 N–H and O–H groups in total. The lowest BCUT2D eigenvalue weighted by atomic mass is 10.1. The molecule has 1 aliphatic rings. The largest absolute Gasteiger partial charge is 0.497 e. The van der Waals surface area contributed by atoms with Crippen LogP contribution >= 0.6 is 12.4 Å². The van der Waals surface area contributed by atoms with E-state index < -0.39 is 0 Å². The van der Waals surface area contributed by atoms with Crippen molar-refractivity contribution in [2.24, 2.45) is 5.92 Å². The van der Waals surface area contributed by atoms with Crippen molar-refractivity contribution in [2.75, 3.05) is 20.7 Å². The van der Waals surface area contributed by atoms with Gasteiger partial charge in [-0.05, 0) is 37.6 Å². The number of nitrogens with zero attached hydrogens (tertiary/aromatic N) is 1. The number of carbonyl (C=O) groups is 1. The zero-order chi connectivity index (χ0) is 14.5. The highest BCUT2D eigenvalue weighted by Crippen LogP contribution is 2.30. The van der Waals surface area contributed by atoms with Gasteiger partial charge in [0.25, 0.3) is 0 Å². The molecule has 0 saturated heterocycles. The molecule has 0 bridgehead atoms. The summed E-state index contributed by atoms with van der Waals surface area (Å²) in [5.41, 5.74) is 1.16. The molecule has 1 unspecified atom stereocenters. The van der Waals surface area contributed by atoms with Crippen molar-refractivity contribution in [3.63, 3.8) is 0 Å². The minimum absolute atomic E-state index is 0. The Balaban J connectivity index is 0.00000220. The van der Waals surface area contributed by atoms with Gasteiger partial charge < -0.3 is 15.0 Å². The normalized spacial score (nSPS) is 15.0. The van der Waals surface area contributed by atoms with Crippen LogP contribution in [0.15, 0.2) is 24.3 Å². The highest BCUT2D eigenvalue weighted by molar-refractivity contribution is 5.85. The number of methoxy groups -OCH3 is 1. The molecule has 5 heteroatoms. The monoisotopic (exact) mass is 312 g/mol. The third kappa shape index (κ3) is 4.90. The summed E-state index contributed by atoms with van der Waals surface area (Å²) in [6, 6.07) is 8.39. The molecular formula is C16H25ClN2O2. The van der Waals surface area contributed by atoms with Crippen LogP contribution in [0, 0.1) is 5.92 Å². The van der Waals surface area contributed by atoms with Crippen LogP contribution < -0.4 is 10.1 Å². The van der Waals surface area contributed by atoms with Gasteiger partial charge >= 0.3 is 0 Å². The lowest BCUT2D eigenvalue weighted by Crippen LogP contribution is -2.39. The van der Waals surface area contributed by atoms with Crippen molar-refractivity contribution >= 4 is 18.3 Å². The van der Waals surface area contributed by atoms with E-state index in [1.165, 1.54) is 0 Å². The fourth-order valence-corrected chi connectivity index (χ4v) is 2.38. The SMILES string of the molecule is CNCC(C)C(=O)N(Cc1ccc(OC)cc1)C1CC1.Cl. The Labute approximate surface area is 133 Å². The molecule has 1 saturated carbocycles. The third-order valence-electron chi connectivity index (χ3n) is 3.71. The summed E-state index contributed by atoms with van der Waals surface area (Å²) < 4.78 is 5.16. The maximum absolute atomic E-state index is 12.5. The number of ether oxygens (including phenoxy) is 1. The van der Waals surface area contributed by atoms with E-state index in [1.54, 1.807) is 7.11 Å². The number of halogens is 1. The van der Waals surface area contributed by atoms with E-state index in [0.29, 0.717) is 12.6 Å². The van der Waals surface area contributed by atoms with Gasteiger partial charge in [0.05, 0.1) is 7.11 Å². The third-order valence-corrected chi connectivity index (χ3v) is 3.71. The first-order valence-electron chi connectivity index (χ1n) is 7.23. The second-order valence-corrected chi connectivity index (χ2v) is 5.50. The molecule has 1 aliphatic carbocycles. The van der Waals surface area contributed by atoms with Gasteiger partial charge in [0, 0.05) is 25.0 Å². The number of amides is 1. The zero-order valence-corrected chi connectivity index (χ0v) is 13.8. The Kier molecular flexibility index (Phi) is 6.99. The molecule has 0 aliphatic heterocycles. The van der Waals surface area contributed by atoms with E-state index in [4.69, 9.17) is 4.74 Å². The lowest BCUT2D eigenvalue weighted by Gasteiger charge is -2.26. The van der Waals surface area contributed by atoms with Gasteiger partial charge in [-0.15, -0.1) is 12.4 Å². The average molecular weight is 313 g/mol. The summed E-state index contributed by atoms with van der Waals surface area (Å²) in [6.07, 6.45) is 2.27. The topological polar surface area (TPSA) is 41.6 Å². The van der Waals surface area contributed by atoms with E-state index in [2.05, 4.69) is 5.32 Å². The van der Waals surface area contributed by atoms with Crippen molar-refractivity contribution in [3.8, 4) is 5.75 Å². The van der Waals surface area contributed by atoms with Crippen LogP contribution in [-0.4, -0.2) is 37.6 Å². The van der Waals surface area contributed by atoms with E-state index >= 15 is 0 Å². The Bertz CT molecular complexity index is 446. The lowest BCUT2D eigenvalue weighted by molar-refractivity contribution is -0.136. The molecular weight excluding hydrogens is 288 g/mol. The molecule has 0 heterocycles. The fraction of sp³-hybridized carbons (Fsp3) is 0.562. The summed E-state index contributed by atoms with van der Waals surface area (Å²) in [7, 11) is 3.54. The Morgan fingerprint density at radius 1 is 1.38 bits per heavy atom. The van der Waals surface area contributed by atoms with Crippen molar-refractivity contribution in [1.82, 2.24) is 10.2 Å². The molecule has 21 heavy (non-hydrogen) atoms. The van der Waals surface area contributed by atoms with Crippen molar-refractivity contribution in [1.29, 1.82) is 0 Å². The molecule has 1 atom stereocenters. The molecule has 0 aromatic heterocycles. The molecule has 1 fully saturated rings. The van der Waals surface area contributed by atoms with Gasteiger partial charge in [-0.2, -0.15) is 0 Å². The van der Waals surface area contributed by atoms with Crippen LogP contribution in [0.2, 0.25) is 0 Å². The number of nitrogens with one attached hydrogen (secondary N) is 1. The van der Waals surface area contributed by atoms with E-state index in [-0.39, 0.29) is 24.2 Å². The molecule has 2 rings (SSSR count). The van der Waals surface area contributed by atoms with Crippen LogP contribution in [0.5, 0.6) is 5.75 Å². The number of rotatable bonds is 7. The highest BCUT2D eigenvalue weighted by atomic mass is 35.5. The smallest absolute Gasteiger partial charge is 0.227 e. The Hall–Kier alpha value is -1.26. The Morgan fingerprint density at radius 2 is 2.00 bits per heavy atom. The number of carbonyl (C=O) groups excluding carboxylic acids is 1. The maximum atomic E-state index is 12.5. The first kappa shape index (κ1) is 17.8. The first-order chi connectivity index (χ1) is 9.65. The van der Waals surface area contributed by atoms with Crippen LogP contribution in [0.1, 0.15) is 25.3 Å². The molecule has 1 aromatic rings. The summed E-state index contributed by atoms with van der Waals surface area (Å²) >= 11 is 0. The van der Waals surface area contributed by atoms with Crippen molar-refractivity contribution < 1.29 is 9.53 Å². The minimum Gasteiger partial charge on any atom is -0.497 e. The Morgan fingerprint density at radius 3 is 2.48 bits per heavy atom. The standard InChI is InChI=1S/C16H24N2O2.ClH/c1-12(10-17-2)16(19)18(14-6-7-14)11-13-4-8-15(20-3)9-5-13;/h4-5,8-9,12,14,17H,6-7,10-11H2,1-3H3;1H. The van der Waals surface area contributed by atoms with Crippen LogP contribution in [0.3, 0.4) is 0 Å². The average Bonchev–Trinajstić information content (AvgIpc) is 3.29. The predicted molar refractivity (Wildman–Crippen MR) is 86.9 cm³/mol. The summed E-state index contributed by atoms with van der Waals surface area (Å²) in [5, 5.41) is 3.08. The van der Waals surface area contributed by atoms with Crippen molar-refractivity contribution in [3.05, 3.63) is 29.8 Å². The van der Waals surface area contributed by atoms with E-state index in [1.807, 2.05) is 43.1 Å². The van der Waals surface area contributed by atoms with Gasteiger partial charge in [0.2, 0.25) is 5.91 Å². The van der Waals surface area contributed by atoms with Crippen LogP contribution in [-0.2, 0) is 11.3 Å². The maximum Gasteiger partial charge on any atom is 0.227 e. The summed E-state index contributed by atoms with van der Waals surface area (Å²) in [4.78, 5) is 14.5. The van der Waals surface area contributed by atoms with E-state index in [9.17, 15) is 4.79 Å². The molecule has 1 amide bonds. The highest BCUT2D eigenvalue weighted by Gasteiger charge is 2.34. The second kappa shape index (κ2) is 8.25. The molecule has 0 radical (unpaired) electrons. The van der Waals surface area contributed by atoms with Crippen LogP contribution in [0.25, 0.3) is 0 Å². The minimum atomic E-state index is 0. The first-order valence-corrected chi connectivity index (χ1v) is 7.23. The fourth-order valence-electron chi connectivity index (χ4n) is 2.38. The number of hydrogen-bond acceptors (Lipinski definition) is 3. The van der Waals surface area contributed by atoms with Gasteiger partial charge in [-0.3, -0.25) is 4.79 Å². The number of benzene rings is 1. The van der Waals surface area contributed by atoms with Crippen molar-refractivity contribution in [2.45, 2.75) is 32.4 Å². The summed E-state index contributed by atoms with van der Waals surface area (Å²) in [6.45, 7) is 3.41. The molecule has 0 spiro atoms. The quantitative estimate of drug-likeness (QED) is 0.841. The molecule has 4 nitrogen and oxygen atoms in total. The van der Waals surface area contributed by atoms with Crippen LogP contribution in [0.4, 0.5) is 0 Å². The van der Waals surface area contributed by atoms with Gasteiger partial charge in [-0.1, -0.05) is 19.1 Å².